The predicted octanol–water partition coefficient (Wildman–Crippen LogP) is 3.82. The van der Waals surface area contributed by atoms with Crippen molar-refractivity contribution in [2.45, 2.75) is 39.0 Å². The summed E-state index contributed by atoms with van der Waals surface area (Å²) in [6.07, 6.45) is 5.20. The van der Waals surface area contributed by atoms with Crippen molar-refractivity contribution >= 4 is 21.8 Å². The first kappa shape index (κ1) is 15.6. The standard InChI is InChI=1S/C17H24BrNO/c1-2-3-11-19(12-10-18)17(20)16-9-8-14-6-4-5-7-15(14)13-16/h4-7,16H,2-3,8-13H2,1H3. The summed E-state index contributed by atoms with van der Waals surface area (Å²) in [4.78, 5) is 14.8. The molecule has 2 rings (SSSR count). The van der Waals surface area contributed by atoms with Gasteiger partial charge in [0.15, 0.2) is 0 Å². The smallest absolute Gasteiger partial charge is 0.226 e. The van der Waals surface area contributed by atoms with Gasteiger partial charge in [-0.15, -0.1) is 0 Å². The molecule has 1 aromatic carbocycles. The molecule has 0 fully saturated rings. The molecule has 20 heavy (non-hydrogen) atoms. The van der Waals surface area contributed by atoms with E-state index in [9.17, 15) is 4.79 Å². The average molecular weight is 338 g/mol. The van der Waals surface area contributed by atoms with E-state index in [1.807, 2.05) is 0 Å². The normalized spacial score (nSPS) is 17.6. The summed E-state index contributed by atoms with van der Waals surface area (Å²) >= 11 is 3.47. The molecule has 110 valence electrons. The monoisotopic (exact) mass is 337 g/mol. The van der Waals surface area contributed by atoms with E-state index in [0.29, 0.717) is 5.91 Å². The molecule has 0 saturated heterocycles. The lowest BCUT2D eigenvalue weighted by Gasteiger charge is -2.30. The quantitative estimate of drug-likeness (QED) is 0.722. The van der Waals surface area contributed by atoms with E-state index in [2.05, 4.69) is 52.0 Å². The minimum absolute atomic E-state index is 0.181. The number of fused-ring (bicyclic) bond motifs is 1. The Morgan fingerprint density at radius 2 is 2.05 bits per heavy atom. The van der Waals surface area contributed by atoms with E-state index in [1.54, 1.807) is 0 Å². The van der Waals surface area contributed by atoms with Crippen molar-refractivity contribution < 1.29 is 4.79 Å². The van der Waals surface area contributed by atoms with E-state index in [4.69, 9.17) is 0 Å². The molecular weight excluding hydrogens is 314 g/mol. The van der Waals surface area contributed by atoms with Gasteiger partial charge in [0.2, 0.25) is 5.91 Å². The van der Waals surface area contributed by atoms with Gasteiger partial charge in [-0.25, -0.2) is 0 Å². The van der Waals surface area contributed by atoms with Gasteiger partial charge >= 0.3 is 0 Å². The molecule has 0 heterocycles. The van der Waals surface area contributed by atoms with Gasteiger partial charge in [0.25, 0.3) is 0 Å². The number of alkyl halides is 1. The second-order valence-electron chi connectivity index (χ2n) is 5.58. The zero-order valence-corrected chi connectivity index (χ0v) is 13.9. The molecular formula is C17H24BrNO. The molecule has 1 atom stereocenters. The molecule has 0 bridgehead atoms. The summed E-state index contributed by atoms with van der Waals surface area (Å²) in [5.41, 5.74) is 2.79. The fourth-order valence-corrected chi connectivity index (χ4v) is 3.38. The molecule has 1 unspecified atom stereocenters. The summed E-state index contributed by atoms with van der Waals surface area (Å²) in [7, 11) is 0. The van der Waals surface area contributed by atoms with Crippen LogP contribution in [0.1, 0.15) is 37.3 Å². The maximum Gasteiger partial charge on any atom is 0.226 e. The summed E-state index contributed by atoms with van der Waals surface area (Å²) in [5.74, 6) is 0.535. The van der Waals surface area contributed by atoms with Crippen molar-refractivity contribution in [2.75, 3.05) is 18.4 Å². The van der Waals surface area contributed by atoms with Crippen LogP contribution in [0.4, 0.5) is 0 Å². The van der Waals surface area contributed by atoms with E-state index in [0.717, 1.165) is 50.5 Å². The van der Waals surface area contributed by atoms with Crippen molar-refractivity contribution in [1.82, 2.24) is 4.90 Å². The largest absolute Gasteiger partial charge is 0.342 e. The summed E-state index contributed by atoms with van der Waals surface area (Å²) in [6.45, 7) is 3.91. The molecule has 2 nitrogen and oxygen atoms in total. The number of amides is 1. The van der Waals surface area contributed by atoms with Crippen LogP contribution in [-0.2, 0) is 17.6 Å². The SMILES string of the molecule is CCCCN(CCBr)C(=O)C1CCc2ccccc2C1. The lowest BCUT2D eigenvalue weighted by Crippen LogP contribution is -2.40. The highest BCUT2D eigenvalue weighted by molar-refractivity contribution is 9.09. The van der Waals surface area contributed by atoms with Crippen molar-refractivity contribution in [3.63, 3.8) is 0 Å². The lowest BCUT2D eigenvalue weighted by molar-refractivity contribution is -0.135. The highest BCUT2D eigenvalue weighted by atomic mass is 79.9. The molecule has 0 aliphatic heterocycles. The fraction of sp³-hybridized carbons (Fsp3) is 0.588. The Labute approximate surface area is 130 Å². The molecule has 1 amide bonds. The third kappa shape index (κ3) is 3.85. The van der Waals surface area contributed by atoms with Gasteiger partial charge in [0, 0.05) is 24.3 Å². The third-order valence-electron chi connectivity index (χ3n) is 4.14. The molecule has 0 aromatic heterocycles. The van der Waals surface area contributed by atoms with Crippen molar-refractivity contribution in [1.29, 1.82) is 0 Å². The number of hydrogen-bond acceptors (Lipinski definition) is 1. The molecule has 0 spiro atoms. The zero-order chi connectivity index (χ0) is 14.4. The Morgan fingerprint density at radius 1 is 1.30 bits per heavy atom. The molecule has 3 heteroatoms. The Kier molecular flexibility index (Phi) is 6.08. The van der Waals surface area contributed by atoms with Crippen LogP contribution in [-0.4, -0.2) is 29.2 Å². The number of carbonyl (C=O) groups excluding carboxylic acids is 1. The summed E-state index contributed by atoms with van der Waals surface area (Å²) in [5, 5.41) is 0.867. The second-order valence-corrected chi connectivity index (χ2v) is 6.37. The van der Waals surface area contributed by atoms with Crippen LogP contribution in [0.15, 0.2) is 24.3 Å². The maximum atomic E-state index is 12.7. The number of aryl methyl sites for hydroxylation is 1. The van der Waals surface area contributed by atoms with Crippen LogP contribution in [0.2, 0.25) is 0 Å². The van der Waals surface area contributed by atoms with Crippen LogP contribution in [0, 0.1) is 5.92 Å². The lowest BCUT2D eigenvalue weighted by atomic mass is 9.83. The first-order chi connectivity index (χ1) is 9.76. The zero-order valence-electron chi connectivity index (χ0n) is 12.3. The number of benzene rings is 1. The molecule has 1 aliphatic rings. The molecule has 1 aromatic rings. The second kappa shape index (κ2) is 7.82. The molecule has 0 saturated carbocycles. The fourth-order valence-electron chi connectivity index (χ4n) is 2.95. The van der Waals surface area contributed by atoms with Gasteiger partial charge in [0.1, 0.15) is 0 Å². The average Bonchev–Trinajstić information content (AvgIpc) is 2.50. The Morgan fingerprint density at radius 3 is 2.75 bits per heavy atom. The van der Waals surface area contributed by atoms with Crippen LogP contribution in [0.5, 0.6) is 0 Å². The van der Waals surface area contributed by atoms with Gasteiger partial charge in [-0.05, 0) is 36.8 Å². The van der Waals surface area contributed by atoms with Crippen molar-refractivity contribution in [3.8, 4) is 0 Å². The Bertz CT molecular complexity index is 446. The highest BCUT2D eigenvalue weighted by Crippen LogP contribution is 2.26. The third-order valence-corrected chi connectivity index (χ3v) is 4.50. The van der Waals surface area contributed by atoms with E-state index in [-0.39, 0.29) is 5.92 Å². The number of halogens is 1. The highest BCUT2D eigenvalue weighted by Gasteiger charge is 2.27. The number of rotatable bonds is 6. The molecule has 1 aliphatic carbocycles. The van der Waals surface area contributed by atoms with E-state index in [1.165, 1.54) is 11.1 Å². The molecule has 0 radical (unpaired) electrons. The Hall–Kier alpha value is -0.830. The maximum absolute atomic E-state index is 12.7. The van der Waals surface area contributed by atoms with Gasteiger partial charge in [-0.1, -0.05) is 53.5 Å². The van der Waals surface area contributed by atoms with Gasteiger partial charge in [-0.2, -0.15) is 0 Å². The van der Waals surface area contributed by atoms with Crippen LogP contribution >= 0.6 is 15.9 Å². The number of hydrogen-bond donors (Lipinski definition) is 0. The van der Waals surface area contributed by atoms with Crippen molar-refractivity contribution in [2.24, 2.45) is 5.92 Å². The number of carbonyl (C=O) groups is 1. The molecule has 0 N–H and O–H groups in total. The van der Waals surface area contributed by atoms with Crippen LogP contribution in [0.3, 0.4) is 0 Å². The minimum Gasteiger partial charge on any atom is -0.342 e. The topological polar surface area (TPSA) is 20.3 Å². The van der Waals surface area contributed by atoms with E-state index >= 15 is 0 Å². The van der Waals surface area contributed by atoms with Gasteiger partial charge in [0.05, 0.1) is 0 Å². The van der Waals surface area contributed by atoms with Crippen LogP contribution < -0.4 is 0 Å². The number of unbranched alkanes of at least 4 members (excludes halogenated alkanes) is 1. The Balaban J connectivity index is 2.01. The number of nitrogens with zero attached hydrogens (tertiary/aromatic N) is 1. The first-order valence-electron chi connectivity index (χ1n) is 7.67. The summed E-state index contributed by atoms with van der Waals surface area (Å²) < 4.78 is 0. The van der Waals surface area contributed by atoms with Crippen LogP contribution in [0.25, 0.3) is 0 Å². The van der Waals surface area contributed by atoms with Gasteiger partial charge in [-0.3, -0.25) is 4.79 Å². The minimum atomic E-state index is 0.181. The van der Waals surface area contributed by atoms with Gasteiger partial charge < -0.3 is 4.90 Å². The first-order valence-corrected chi connectivity index (χ1v) is 8.80. The van der Waals surface area contributed by atoms with Crippen molar-refractivity contribution in [3.05, 3.63) is 35.4 Å². The van der Waals surface area contributed by atoms with E-state index < -0.39 is 0 Å². The summed E-state index contributed by atoms with van der Waals surface area (Å²) in [6, 6.07) is 8.55. The predicted molar refractivity (Wildman–Crippen MR) is 87.2 cm³/mol.